The van der Waals surface area contributed by atoms with Crippen molar-refractivity contribution in [3.05, 3.63) is 29.5 Å². The number of pyridine rings is 1. The van der Waals surface area contributed by atoms with Crippen LogP contribution in [0.3, 0.4) is 0 Å². The van der Waals surface area contributed by atoms with Crippen molar-refractivity contribution in [3.63, 3.8) is 0 Å². The van der Waals surface area contributed by atoms with Crippen LogP contribution >= 0.6 is 0 Å². The molecule has 1 amide bonds. The molecule has 0 fully saturated rings. The molecule has 0 aliphatic rings. The molecule has 0 bridgehead atoms. The molecule has 0 saturated carbocycles. The summed E-state index contributed by atoms with van der Waals surface area (Å²) < 4.78 is 33.5. The normalized spacial score (nSPS) is 12.3. The van der Waals surface area contributed by atoms with Crippen molar-refractivity contribution in [1.29, 1.82) is 0 Å². The number of aromatic nitrogens is 2. The fourth-order valence-corrected chi connectivity index (χ4v) is 2.13. The summed E-state index contributed by atoms with van der Waals surface area (Å²) in [7, 11) is 1.38. The Morgan fingerprint density at radius 2 is 1.84 bits per heavy atom. The van der Waals surface area contributed by atoms with Crippen molar-refractivity contribution in [2.24, 2.45) is 0 Å². The number of carbonyl (C=O) groups is 2. The van der Waals surface area contributed by atoms with E-state index in [-0.39, 0.29) is 16.9 Å². The number of carboxylic acids is 1. The van der Waals surface area contributed by atoms with E-state index in [9.17, 15) is 23.5 Å². The average Bonchev–Trinajstić information content (AvgIpc) is 2.88. The fourth-order valence-electron chi connectivity index (χ4n) is 2.13. The summed E-state index contributed by atoms with van der Waals surface area (Å²) in [6, 6.07) is 3.54. The quantitative estimate of drug-likeness (QED) is 0.911. The highest BCUT2D eigenvalue weighted by atomic mass is 19.3. The number of carbonyl (C=O) groups excluding carboxylic acids is 1. The zero-order valence-corrected chi connectivity index (χ0v) is 14.5. The summed E-state index contributed by atoms with van der Waals surface area (Å²) in [5, 5.41) is 13.0. The molecule has 0 unspecified atom stereocenters. The number of rotatable bonds is 3. The van der Waals surface area contributed by atoms with Crippen LogP contribution in [0.1, 0.15) is 43.7 Å². The maximum Gasteiger partial charge on any atom is 0.415 e. The first-order valence-corrected chi connectivity index (χ1v) is 7.42. The van der Waals surface area contributed by atoms with Gasteiger partial charge in [-0.15, -0.1) is 0 Å². The number of fused-ring (bicyclic) bond motifs is 1. The van der Waals surface area contributed by atoms with E-state index >= 15 is 0 Å². The number of nitrogens with zero attached hydrogens (tertiary/aromatic N) is 3. The maximum atomic E-state index is 13.6. The van der Waals surface area contributed by atoms with Gasteiger partial charge in [0.1, 0.15) is 17.1 Å². The largest absolute Gasteiger partial charge is 0.478 e. The Bertz CT molecular complexity index is 834. The molecule has 25 heavy (non-hydrogen) atoms. The Morgan fingerprint density at radius 3 is 2.32 bits per heavy atom. The molecule has 136 valence electrons. The molecule has 0 saturated heterocycles. The summed E-state index contributed by atoms with van der Waals surface area (Å²) in [6.45, 7) is 5.72. The Labute approximate surface area is 142 Å². The monoisotopic (exact) mass is 355 g/mol. The summed E-state index contributed by atoms with van der Waals surface area (Å²) in [5.74, 6) is -4.45. The van der Waals surface area contributed by atoms with Crippen molar-refractivity contribution in [1.82, 2.24) is 9.61 Å². The van der Waals surface area contributed by atoms with Crippen LogP contribution in [0.15, 0.2) is 18.2 Å². The molecule has 2 aromatic heterocycles. The minimum absolute atomic E-state index is 0.0445. The summed E-state index contributed by atoms with van der Waals surface area (Å²) in [6.07, 6.45) is -0.725. The van der Waals surface area contributed by atoms with Gasteiger partial charge in [0.2, 0.25) is 0 Å². The second-order valence-corrected chi connectivity index (χ2v) is 6.66. The van der Waals surface area contributed by atoms with Crippen molar-refractivity contribution < 1.29 is 28.2 Å². The van der Waals surface area contributed by atoms with Crippen LogP contribution in [0.5, 0.6) is 0 Å². The molecule has 1 N–H and O–H groups in total. The Hall–Kier alpha value is -2.71. The van der Waals surface area contributed by atoms with Gasteiger partial charge in [0.15, 0.2) is 0 Å². The number of hydrogen-bond donors (Lipinski definition) is 1. The molecule has 2 rings (SSSR count). The average molecular weight is 355 g/mol. The van der Waals surface area contributed by atoms with E-state index < -0.39 is 29.3 Å². The highest BCUT2D eigenvalue weighted by Gasteiger charge is 2.31. The minimum Gasteiger partial charge on any atom is -0.478 e. The maximum absolute atomic E-state index is 13.6. The molecule has 0 radical (unpaired) electrons. The first-order valence-electron chi connectivity index (χ1n) is 7.42. The first-order chi connectivity index (χ1) is 11.3. The van der Waals surface area contributed by atoms with Gasteiger partial charge >= 0.3 is 12.1 Å². The van der Waals surface area contributed by atoms with Crippen molar-refractivity contribution in [3.8, 4) is 0 Å². The van der Waals surface area contributed by atoms with Crippen molar-refractivity contribution in [2.75, 3.05) is 11.9 Å². The molecule has 7 nitrogen and oxygen atoms in total. The van der Waals surface area contributed by atoms with Gasteiger partial charge in [-0.2, -0.15) is 13.9 Å². The van der Waals surface area contributed by atoms with E-state index in [1.54, 1.807) is 20.8 Å². The van der Waals surface area contributed by atoms with Crippen LogP contribution in [0.25, 0.3) is 5.52 Å². The van der Waals surface area contributed by atoms with Crippen LogP contribution in [0.2, 0.25) is 0 Å². The van der Waals surface area contributed by atoms with Gasteiger partial charge in [0, 0.05) is 14.0 Å². The molecular formula is C16H19F2N3O4. The van der Waals surface area contributed by atoms with Gasteiger partial charge in [-0.1, -0.05) is 0 Å². The van der Waals surface area contributed by atoms with E-state index in [4.69, 9.17) is 4.74 Å². The van der Waals surface area contributed by atoms with E-state index in [0.717, 1.165) is 15.5 Å². The number of amides is 1. The van der Waals surface area contributed by atoms with Crippen LogP contribution in [-0.4, -0.2) is 39.4 Å². The van der Waals surface area contributed by atoms with E-state index in [1.165, 1.54) is 19.2 Å². The molecule has 0 spiro atoms. The molecule has 0 aromatic carbocycles. The van der Waals surface area contributed by atoms with Crippen LogP contribution in [-0.2, 0) is 10.7 Å². The lowest BCUT2D eigenvalue weighted by atomic mass is 10.2. The van der Waals surface area contributed by atoms with Crippen molar-refractivity contribution >= 4 is 23.4 Å². The van der Waals surface area contributed by atoms with Crippen LogP contribution < -0.4 is 4.90 Å². The summed E-state index contributed by atoms with van der Waals surface area (Å²) in [4.78, 5) is 24.6. The Kier molecular flexibility index (Phi) is 4.45. The molecule has 0 atom stereocenters. The summed E-state index contributed by atoms with van der Waals surface area (Å²) in [5.41, 5.74) is -1.60. The molecule has 9 heteroatoms. The lowest BCUT2D eigenvalue weighted by Crippen LogP contribution is -2.35. The number of aromatic carboxylic acids is 1. The highest BCUT2D eigenvalue weighted by molar-refractivity contribution is 5.97. The van der Waals surface area contributed by atoms with Crippen LogP contribution in [0, 0.1) is 0 Å². The number of ether oxygens (including phenoxy) is 1. The lowest BCUT2D eigenvalue weighted by Gasteiger charge is -2.25. The lowest BCUT2D eigenvalue weighted by molar-refractivity contribution is 0.0125. The third kappa shape index (κ3) is 3.86. The Morgan fingerprint density at radius 1 is 1.24 bits per heavy atom. The fraction of sp³-hybridized carbons (Fsp3) is 0.438. The van der Waals surface area contributed by atoms with Gasteiger partial charge in [-0.25, -0.2) is 14.1 Å². The molecule has 0 aliphatic carbocycles. The molecule has 2 aromatic rings. The van der Waals surface area contributed by atoms with Gasteiger partial charge < -0.3 is 9.84 Å². The molecule has 2 heterocycles. The second kappa shape index (κ2) is 5.98. The number of hydrogen-bond acceptors (Lipinski definition) is 4. The van der Waals surface area contributed by atoms with Gasteiger partial charge in [0.25, 0.3) is 5.92 Å². The van der Waals surface area contributed by atoms with E-state index in [0.29, 0.717) is 6.92 Å². The summed E-state index contributed by atoms with van der Waals surface area (Å²) >= 11 is 0. The minimum atomic E-state index is -3.26. The first kappa shape index (κ1) is 18.6. The third-order valence-corrected chi connectivity index (χ3v) is 3.29. The smallest absolute Gasteiger partial charge is 0.415 e. The molecule has 0 aliphatic heterocycles. The van der Waals surface area contributed by atoms with Gasteiger partial charge in [-0.3, -0.25) is 4.90 Å². The standard InChI is InChI=1S/C16H19F2N3O4/c1-15(2,3)25-14(24)20(5)12-7-6-9(13(22)23)10-8-11(16(4,17)18)19-21(10)12/h6-8H,1-5H3,(H,22,23). The van der Waals surface area contributed by atoms with Crippen molar-refractivity contribution in [2.45, 2.75) is 39.2 Å². The topological polar surface area (TPSA) is 84.1 Å². The van der Waals surface area contributed by atoms with Gasteiger partial charge in [0.05, 0.1) is 11.1 Å². The van der Waals surface area contributed by atoms with E-state index in [2.05, 4.69) is 5.10 Å². The predicted octanol–water partition coefficient (Wildman–Crippen LogP) is 3.52. The van der Waals surface area contributed by atoms with E-state index in [1.807, 2.05) is 0 Å². The molecular weight excluding hydrogens is 336 g/mol. The number of halogens is 2. The zero-order valence-electron chi connectivity index (χ0n) is 14.5. The third-order valence-electron chi connectivity index (χ3n) is 3.29. The highest BCUT2D eigenvalue weighted by Crippen LogP contribution is 2.30. The predicted molar refractivity (Wildman–Crippen MR) is 86.4 cm³/mol. The van der Waals surface area contributed by atoms with Gasteiger partial charge in [-0.05, 0) is 39.0 Å². The Balaban J connectivity index is 2.61. The second-order valence-electron chi connectivity index (χ2n) is 6.66. The SMILES string of the molecule is CN(C(=O)OC(C)(C)C)c1ccc(C(=O)O)c2cc(C(C)(F)F)nn12. The van der Waals surface area contributed by atoms with Crippen LogP contribution in [0.4, 0.5) is 19.4 Å². The number of carboxylic acid groups (broad SMARTS) is 1. The number of anilines is 1. The zero-order chi connectivity index (χ0) is 19.2. The number of alkyl halides is 2.